The Labute approximate surface area is 77.3 Å². The summed E-state index contributed by atoms with van der Waals surface area (Å²) in [5.41, 5.74) is 1.12. The predicted octanol–water partition coefficient (Wildman–Crippen LogP) is 2.04. The van der Waals surface area contributed by atoms with E-state index in [4.69, 9.17) is 10.4 Å². The van der Waals surface area contributed by atoms with Crippen LogP contribution in [-0.2, 0) is 4.79 Å². The standard InChI is InChI=1S/C10H11NO2/c1-3-9(6-10(12)13)5-4-8(2)7-11/h3-5H,1,6H2,2H3,(H,12,13). The lowest BCUT2D eigenvalue weighted by Crippen LogP contribution is -1.94. The van der Waals surface area contributed by atoms with Gasteiger partial charge in [-0.2, -0.15) is 5.26 Å². The largest absolute Gasteiger partial charge is 0.481 e. The average Bonchev–Trinajstić information content (AvgIpc) is 2.10. The van der Waals surface area contributed by atoms with Gasteiger partial charge in [0.05, 0.1) is 12.5 Å². The lowest BCUT2D eigenvalue weighted by atomic mass is 10.1. The molecular formula is C10H11NO2. The molecule has 0 saturated heterocycles. The molecule has 1 N–H and O–H groups in total. The van der Waals surface area contributed by atoms with Gasteiger partial charge < -0.3 is 5.11 Å². The van der Waals surface area contributed by atoms with E-state index in [2.05, 4.69) is 6.58 Å². The van der Waals surface area contributed by atoms with Crippen molar-refractivity contribution in [2.24, 2.45) is 0 Å². The first-order valence-electron chi connectivity index (χ1n) is 3.72. The Kier molecular flexibility index (Phi) is 4.97. The van der Waals surface area contributed by atoms with Crippen molar-refractivity contribution < 1.29 is 9.90 Å². The number of nitrogens with zero attached hydrogens (tertiary/aromatic N) is 1. The molecule has 0 aromatic rings. The molecule has 0 aromatic heterocycles. The maximum atomic E-state index is 10.3. The summed E-state index contributed by atoms with van der Waals surface area (Å²) in [4.78, 5) is 10.3. The number of hydrogen-bond donors (Lipinski definition) is 1. The van der Waals surface area contributed by atoms with Gasteiger partial charge in [-0.3, -0.25) is 4.79 Å². The average molecular weight is 177 g/mol. The number of carbonyl (C=O) groups is 1. The molecule has 0 fully saturated rings. The number of hydrogen-bond acceptors (Lipinski definition) is 2. The van der Waals surface area contributed by atoms with E-state index in [1.54, 1.807) is 19.1 Å². The van der Waals surface area contributed by atoms with E-state index in [-0.39, 0.29) is 6.42 Å². The first-order chi connectivity index (χ1) is 6.10. The Morgan fingerprint density at radius 2 is 2.23 bits per heavy atom. The van der Waals surface area contributed by atoms with Crippen LogP contribution >= 0.6 is 0 Å². The molecule has 0 unspecified atom stereocenters. The SMILES string of the molecule is C=CC(=CC=C(C)C#N)CC(=O)O. The summed E-state index contributed by atoms with van der Waals surface area (Å²) in [5, 5.41) is 16.9. The predicted molar refractivity (Wildman–Crippen MR) is 49.9 cm³/mol. The zero-order chi connectivity index (χ0) is 10.3. The van der Waals surface area contributed by atoms with Crippen molar-refractivity contribution in [1.29, 1.82) is 5.26 Å². The molecule has 13 heavy (non-hydrogen) atoms. The maximum absolute atomic E-state index is 10.3. The van der Waals surface area contributed by atoms with Crippen molar-refractivity contribution in [2.75, 3.05) is 0 Å². The van der Waals surface area contributed by atoms with Gasteiger partial charge in [0, 0.05) is 5.57 Å². The van der Waals surface area contributed by atoms with Gasteiger partial charge in [-0.1, -0.05) is 18.7 Å². The Bertz CT molecular complexity index is 305. The zero-order valence-electron chi connectivity index (χ0n) is 7.45. The summed E-state index contributed by atoms with van der Waals surface area (Å²) in [7, 11) is 0. The van der Waals surface area contributed by atoms with Crippen LogP contribution in [0.25, 0.3) is 0 Å². The van der Waals surface area contributed by atoms with E-state index in [9.17, 15) is 4.79 Å². The van der Waals surface area contributed by atoms with Crippen LogP contribution in [0.5, 0.6) is 0 Å². The second-order valence-electron chi connectivity index (χ2n) is 2.48. The summed E-state index contributed by atoms with van der Waals surface area (Å²) in [5.74, 6) is -0.908. The van der Waals surface area contributed by atoms with Gasteiger partial charge in [0.1, 0.15) is 0 Å². The number of rotatable bonds is 4. The molecule has 0 amide bonds. The molecule has 0 radical (unpaired) electrons. The lowest BCUT2D eigenvalue weighted by molar-refractivity contribution is -0.136. The molecule has 0 saturated carbocycles. The molecule has 0 atom stereocenters. The minimum atomic E-state index is -0.908. The molecule has 3 nitrogen and oxygen atoms in total. The van der Waals surface area contributed by atoms with Gasteiger partial charge in [0.2, 0.25) is 0 Å². The first-order valence-corrected chi connectivity index (χ1v) is 3.72. The van der Waals surface area contributed by atoms with Crippen LogP contribution in [0, 0.1) is 11.3 Å². The molecule has 0 bridgehead atoms. The van der Waals surface area contributed by atoms with Crippen LogP contribution < -0.4 is 0 Å². The summed E-state index contributed by atoms with van der Waals surface area (Å²) >= 11 is 0. The van der Waals surface area contributed by atoms with Crippen LogP contribution in [0.1, 0.15) is 13.3 Å². The van der Waals surface area contributed by atoms with E-state index in [1.807, 2.05) is 6.07 Å². The summed E-state index contributed by atoms with van der Waals surface area (Å²) in [6.07, 6.45) is 4.55. The molecule has 0 aliphatic heterocycles. The third-order valence-electron chi connectivity index (χ3n) is 1.34. The van der Waals surface area contributed by atoms with Gasteiger partial charge >= 0.3 is 5.97 Å². The Balaban J connectivity index is 4.50. The molecule has 68 valence electrons. The Hall–Kier alpha value is -1.82. The van der Waals surface area contributed by atoms with Crippen LogP contribution in [0.15, 0.2) is 36.0 Å². The molecule has 0 rings (SSSR count). The van der Waals surface area contributed by atoms with Crippen LogP contribution in [0.4, 0.5) is 0 Å². The van der Waals surface area contributed by atoms with E-state index in [0.29, 0.717) is 11.1 Å². The van der Waals surface area contributed by atoms with Gasteiger partial charge in [-0.15, -0.1) is 0 Å². The smallest absolute Gasteiger partial charge is 0.307 e. The lowest BCUT2D eigenvalue weighted by Gasteiger charge is -1.93. The number of nitriles is 1. The molecule has 0 aromatic carbocycles. The van der Waals surface area contributed by atoms with Gasteiger partial charge in [-0.05, 0) is 18.6 Å². The fourth-order valence-electron chi connectivity index (χ4n) is 0.643. The second kappa shape index (κ2) is 5.78. The highest BCUT2D eigenvalue weighted by Gasteiger charge is 1.98. The van der Waals surface area contributed by atoms with Crippen LogP contribution in [0.3, 0.4) is 0 Å². The molecular weight excluding hydrogens is 166 g/mol. The maximum Gasteiger partial charge on any atom is 0.307 e. The van der Waals surface area contributed by atoms with E-state index in [0.717, 1.165) is 0 Å². The first kappa shape index (κ1) is 11.2. The molecule has 0 aliphatic rings. The quantitative estimate of drug-likeness (QED) is 0.528. The van der Waals surface area contributed by atoms with Crippen molar-refractivity contribution in [2.45, 2.75) is 13.3 Å². The summed E-state index contributed by atoms with van der Waals surface area (Å²) in [6, 6.07) is 1.93. The van der Waals surface area contributed by atoms with Gasteiger partial charge in [0.15, 0.2) is 0 Å². The number of allylic oxidation sites excluding steroid dienone is 4. The van der Waals surface area contributed by atoms with Gasteiger partial charge in [-0.25, -0.2) is 0 Å². The molecule has 3 heteroatoms. The van der Waals surface area contributed by atoms with Crippen LogP contribution in [0.2, 0.25) is 0 Å². The highest BCUT2D eigenvalue weighted by Crippen LogP contribution is 2.03. The minimum absolute atomic E-state index is 0.0707. The fraction of sp³-hybridized carbons (Fsp3) is 0.200. The van der Waals surface area contributed by atoms with E-state index < -0.39 is 5.97 Å². The summed E-state index contributed by atoms with van der Waals surface area (Å²) in [6.45, 7) is 5.12. The highest BCUT2D eigenvalue weighted by molar-refractivity contribution is 5.71. The van der Waals surface area contributed by atoms with Crippen molar-refractivity contribution in [3.63, 3.8) is 0 Å². The Morgan fingerprint density at radius 1 is 1.62 bits per heavy atom. The number of aliphatic carboxylic acids is 1. The highest BCUT2D eigenvalue weighted by atomic mass is 16.4. The zero-order valence-corrected chi connectivity index (χ0v) is 7.45. The molecule has 0 heterocycles. The molecule has 0 aliphatic carbocycles. The Morgan fingerprint density at radius 3 is 2.62 bits per heavy atom. The van der Waals surface area contributed by atoms with Gasteiger partial charge in [0.25, 0.3) is 0 Å². The summed E-state index contributed by atoms with van der Waals surface area (Å²) < 4.78 is 0. The van der Waals surface area contributed by atoms with Crippen molar-refractivity contribution in [3.8, 4) is 6.07 Å². The van der Waals surface area contributed by atoms with Crippen LogP contribution in [-0.4, -0.2) is 11.1 Å². The van der Waals surface area contributed by atoms with E-state index in [1.165, 1.54) is 6.08 Å². The third kappa shape index (κ3) is 5.45. The fourth-order valence-corrected chi connectivity index (χ4v) is 0.643. The normalized spacial score (nSPS) is 12.0. The monoisotopic (exact) mass is 177 g/mol. The van der Waals surface area contributed by atoms with E-state index >= 15 is 0 Å². The number of carboxylic acid groups (broad SMARTS) is 1. The van der Waals surface area contributed by atoms with Crippen molar-refractivity contribution >= 4 is 5.97 Å². The molecule has 0 spiro atoms. The topological polar surface area (TPSA) is 61.1 Å². The number of carboxylic acids is 1. The second-order valence-corrected chi connectivity index (χ2v) is 2.48. The minimum Gasteiger partial charge on any atom is -0.481 e. The van der Waals surface area contributed by atoms with Crippen molar-refractivity contribution in [1.82, 2.24) is 0 Å². The third-order valence-corrected chi connectivity index (χ3v) is 1.34. The van der Waals surface area contributed by atoms with Crippen molar-refractivity contribution in [3.05, 3.63) is 36.0 Å².